The minimum atomic E-state index is -0.211. The van der Waals surface area contributed by atoms with E-state index in [-0.39, 0.29) is 17.9 Å². The number of furan rings is 1. The Morgan fingerprint density at radius 1 is 1.41 bits per heavy atom. The van der Waals surface area contributed by atoms with Crippen molar-refractivity contribution in [2.45, 2.75) is 25.8 Å². The molecule has 1 aromatic heterocycles. The topological polar surface area (TPSA) is 83.4 Å². The highest BCUT2D eigenvalue weighted by molar-refractivity contribution is 7.99. The van der Waals surface area contributed by atoms with Crippen LogP contribution >= 0.6 is 11.8 Å². The van der Waals surface area contributed by atoms with Gasteiger partial charge in [0.1, 0.15) is 0 Å². The van der Waals surface area contributed by atoms with Crippen LogP contribution in [0.5, 0.6) is 0 Å². The van der Waals surface area contributed by atoms with Gasteiger partial charge in [0.05, 0.1) is 6.26 Å². The van der Waals surface area contributed by atoms with Gasteiger partial charge in [-0.25, -0.2) is 0 Å². The van der Waals surface area contributed by atoms with Crippen molar-refractivity contribution in [3.8, 4) is 0 Å². The molecule has 6 nitrogen and oxygen atoms in total. The molecule has 7 heteroatoms. The molecule has 22 heavy (non-hydrogen) atoms. The predicted octanol–water partition coefficient (Wildman–Crippen LogP) is 0.919. The van der Waals surface area contributed by atoms with Gasteiger partial charge in [0.15, 0.2) is 5.76 Å². The summed E-state index contributed by atoms with van der Waals surface area (Å²) in [6.45, 7) is 3.88. The highest BCUT2D eigenvalue weighted by Gasteiger charge is 2.16. The van der Waals surface area contributed by atoms with Crippen LogP contribution in [0.1, 0.15) is 29.0 Å². The molecule has 0 aliphatic carbocycles. The summed E-state index contributed by atoms with van der Waals surface area (Å²) in [6, 6.07) is 2.03. The molecule has 1 atom stereocenters. The van der Waals surface area contributed by atoms with Gasteiger partial charge >= 0.3 is 0 Å². The van der Waals surface area contributed by atoms with Crippen molar-refractivity contribution < 1.29 is 14.0 Å². The Bertz CT molecular complexity index is 498. The fourth-order valence-electron chi connectivity index (χ4n) is 2.25. The van der Waals surface area contributed by atoms with E-state index in [2.05, 4.69) is 16.0 Å². The van der Waals surface area contributed by atoms with Gasteiger partial charge in [-0.1, -0.05) is 0 Å². The van der Waals surface area contributed by atoms with E-state index in [4.69, 9.17) is 4.42 Å². The first-order valence-corrected chi connectivity index (χ1v) is 8.72. The standard InChI is InChI=1S/C15H23N3O3S/c1-11-3-7-21-14(11)15(20)18-5-2-4-17-13(19)9-12-10-22-8-6-16-12/h3,7,12,16H,2,4-6,8-10H2,1H3,(H,17,19)(H,18,20). The maximum atomic E-state index is 11.8. The van der Waals surface area contributed by atoms with Crippen LogP contribution in [0.25, 0.3) is 0 Å². The van der Waals surface area contributed by atoms with Gasteiger partial charge in [0.2, 0.25) is 5.91 Å². The van der Waals surface area contributed by atoms with E-state index in [1.165, 1.54) is 6.26 Å². The third kappa shape index (κ3) is 5.38. The third-order valence-electron chi connectivity index (χ3n) is 3.46. The quantitative estimate of drug-likeness (QED) is 0.649. The van der Waals surface area contributed by atoms with Crippen molar-refractivity contribution in [1.82, 2.24) is 16.0 Å². The van der Waals surface area contributed by atoms with E-state index >= 15 is 0 Å². The Kier molecular flexibility index (Phi) is 6.79. The SMILES string of the molecule is Cc1ccoc1C(=O)NCCCNC(=O)CC1CSCCN1. The molecule has 1 unspecified atom stereocenters. The lowest BCUT2D eigenvalue weighted by Gasteiger charge is -2.22. The second-order valence-electron chi connectivity index (χ2n) is 5.32. The van der Waals surface area contributed by atoms with E-state index < -0.39 is 0 Å². The highest BCUT2D eigenvalue weighted by atomic mass is 32.2. The monoisotopic (exact) mass is 325 g/mol. The van der Waals surface area contributed by atoms with E-state index in [0.717, 1.165) is 23.6 Å². The average molecular weight is 325 g/mol. The number of rotatable bonds is 7. The van der Waals surface area contributed by atoms with Crippen molar-refractivity contribution in [2.24, 2.45) is 0 Å². The summed E-state index contributed by atoms with van der Waals surface area (Å²) in [5.41, 5.74) is 0.823. The Morgan fingerprint density at radius 2 is 2.23 bits per heavy atom. The summed E-state index contributed by atoms with van der Waals surface area (Å²) < 4.78 is 5.12. The number of hydrogen-bond acceptors (Lipinski definition) is 5. The molecule has 1 aliphatic heterocycles. The Morgan fingerprint density at radius 3 is 2.91 bits per heavy atom. The first-order chi connectivity index (χ1) is 10.7. The van der Waals surface area contributed by atoms with E-state index in [9.17, 15) is 9.59 Å². The van der Waals surface area contributed by atoms with Crippen molar-refractivity contribution in [1.29, 1.82) is 0 Å². The maximum Gasteiger partial charge on any atom is 0.287 e. The minimum absolute atomic E-state index is 0.0632. The van der Waals surface area contributed by atoms with E-state index in [0.29, 0.717) is 31.7 Å². The smallest absolute Gasteiger partial charge is 0.287 e. The molecule has 0 spiro atoms. The average Bonchev–Trinajstić information content (AvgIpc) is 2.94. The Balaban J connectivity index is 1.54. The fraction of sp³-hybridized carbons (Fsp3) is 0.600. The van der Waals surface area contributed by atoms with Crippen LogP contribution in [0.15, 0.2) is 16.7 Å². The van der Waals surface area contributed by atoms with Crippen LogP contribution in [0.2, 0.25) is 0 Å². The summed E-state index contributed by atoms with van der Waals surface area (Å²) in [4.78, 5) is 23.6. The van der Waals surface area contributed by atoms with Gasteiger partial charge in [-0.2, -0.15) is 11.8 Å². The molecule has 0 bridgehead atoms. The van der Waals surface area contributed by atoms with Gasteiger partial charge < -0.3 is 20.4 Å². The van der Waals surface area contributed by atoms with Gasteiger partial charge in [-0.3, -0.25) is 9.59 Å². The highest BCUT2D eigenvalue weighted by Crippen LogP contribution is 2.10. The van der Waals surface area contributed by atoms with Crippen LogP contribution in [-0.4, -0.2) is 49.0 Å². The van der Waals surface area contributed by atoms with Crippen molar-refractivity contribution >= 4 is 23.6 Å². The Labute approximate surface area is 134 Å². The molecule has 2 rings (SSSR count). The first-order valence-electron chi connectivity index (χ1n) is 7.57. The van der Waals surface area contributed by atoms with Gasteiger partial charge in [-0.15, -0.1) is 0 Å². The minimum Gasteiger partial charge on any atom is -0.459 e. The van der Waals surface area contributed by atoms with Crippen LogP contribution < -0.4 is 16.0 Å². The van der Waals surface area contributed by atoms with E-state index in [1.54, 1.807) is 6.07 Å². The zero-order valence-corrected chi connectivity index (χ0v) is 13.6. The normalized spacial score (nSPS) is 18.0. The molecule has 2 amide bonds. The molecular formula is C15H23N3O3S. The lowest BCUT2D eigenvalue weighted by molar-refractivity contribution is -0.121. The van der Waals surface area contributed by atoms with Gasteiger partial charge in [0.25, 0.3) is 5.91 Å². The number of thioether (sulfide) groups is 1. The molecule has 0 radical (unpaired) electrons. The third-order valence-corrected chi connectivity index (χ3v) is 4.59. The number of amides is 2. The van der Waals surface area contributed by atoms with Crippen LogP contribution in [-0.2, 0) is 4.79 Å². The number of hydrogen-bond donors (Lipinski definition) is 3. The number of carbonyl (C=O) groups excluding carboxylic acids is 2. The molecular weight excluding hydrogens is 302 g/mol. The molecule has 2 heterocycles. The zero-order chi connectivity index (χ0) is 15.8. The molecule has 3 N–H and O–H groups in total. The second-order valence-corrected chi connectivity index (χ2v) is 6.47. The van der Waals surface area contributed by atoms with Crippen molar-refractivity contribution in [3.05, 3.63) is 23.7 Å². The maximum absolute atomic E-state index is 11.8. The fourth-order valence-corrected chi connectivity index (χ4v) is 3.20. The molecule has 1 saturated heterocycles. The summed E-state index contributed by atoms with van der Waals surface area (Å²) in [7, 11) is 0. The number of aryl methyl sites for hydroxylation is 1. The predicted molar refractivity (Wildman–Crippen MR) is 87.1 cm³/mol. The van der Waals surface area contributed by atoms with Crippen LogP contribution in [0.3, 0.4) is 0 Å². The largest absolute Gasteiger partial charge is 0.459 e. The molecule has 1 fully saturated rings. The van der Waals surface area contributed by atoms with Crippen LogP contribution in [0.4, 0.5) is 0 Å². The summed E-state index contributed by atoms with van der Waals surface area (Å²) in [6.07, 6.45) is 2.72. The first kappa shape index (κ1) is 16.9. The van der Waals surface area contributed by atoms with Crippen molar-refractivity contribution in [3.63, 3.8) is 0 Å². The van der Waals surface area contributed by atoms with Gasteiger partial charge in [-0.05, 0) is 19.4 Å². The van der Waals surface area contributed by atoms with Crippen LogP contribution in [0, 0.1) is 6.92 Å². The van der Waals surface area contributed by atoms with Gasteiger partial charge in [0, 0.05) is 49.2 Å². The summed E-state index contributed by atoms with van der Waals surface area (Å²) >= 11 is 1.88. The summed E-state index contributed by atoms with van der Waals surface area (Å²) in [5, 5.41) is 9.01. The van der Waals surface area contributed by atoms with E-state index in [1.807, 2.05) is 18.7 Å². The number of nitrogens with one attached hydrogen (secondary N) is 3. The molecule has 1 aliphatic rings. The zero-order valence-electron chi connectivity index (χ0n) is 12.8. The lowest BCUT2D eigenvalue weighted by Crippen LogP contribution is -2.41. The molecule has 0 saturated carbocycles. The molecule has 122 valence electrons. The summed E-state index contributed by atoms with van der Waals surface area (Å²) in [5.74, 6) is 2.31. The molecule has 0 aromatic carbocycles. The second kappa shape index (κ2) is 8.85. The Hall–Kier alpha value is -1.47. The lowest BCUT2D eigenvalue weighted by atomic mass is 10.2. The van der Waals surface area contributed by atoms with Crippen molar-refractivity contribution in [2.75, 3.05) is 31.1 Å². The number of carbonyl (C=O) groups is 2. The molecule has 1 aromatic rings.